The number of fused-ring (bicyclic) bond motifs is 5. The lowest BCUT2D eigenvalue weighted by atomic mass is 9.91. The maximum atomic E-state index is 5.03. The zero-order valence-corrected chi connectivity index (χ0v) is 63.6. The maximum Gasteiger partial charge on any atom is 0.105 e. The molecule has 5 fully saturated rings. The number of nitrogens with zero attached hydrogens (tertiary/aromatic N) is 10. The predicted octanol–water partition coefficient (Wildman–Crippen LogP) is 20.5. The first-order valence-electron chi connectivity index (χ1n) is 36.1. The van der Waals surface area contributed by atoms with Gasteiger partial charge in [0.1, 0.15) is 29.2 Å². The Kier molecular flexibility index (Phi) is 31.7. The van der Waals surface area contributed by atoms with Gasteiger partial charge in [0.25, 0.3) is 0 Å². The van der Waals surface area contributed by atoms with Crippen LogP contribution in [0.15, 0.2) is 25.0 Å². The van der Waals surface area contributed by atoms with Crippen LogP contribution in [0.2, 0.25) is 0 Å². The molecule has 10 aliphatic heterocycles. The Balaban J connectivity index is 0.000000171. The molecule has 0 amide bonds. The normalized spacial score (nSPS) is 25.5. The van der Waals surface area contributed by atoms with Crippen molar-refractivity contribution >= 4 is 69.5 Å². The number of hydrogen-bond donors (Lipinski definition) is 0. The first kappa shape index (κ1) is 73.6. The highest BCUT2D eigenvalue weighted by Gasteiger charge is 2.41. The summed E-state index contributed by atoms with van der Waals surface area (Å²) in [4.78, 5) is 24.4. The zero-order chi connectivity index (χ0) is 62.1. The van der Waals surface area contributed by atoms with Gasteiger partial charge in [-0.3, -0.25) is 25.0 Å². The van der Waals surface area contributed by atoms with E-state index in [1.807, 2.05) is 0 Å². The molecule has 10 heterocycles. The van der Waals surface area contributed by atoms with Crippen molar-refractivity contribution in [2.75, 3.05) is 65.4 Å². The summed E-state index contributed by atoms with van der Waals surface area (Å²) in [5, 5.41) is 0. The van der Waals surface area contributed by atoms with Crippen molar-refractivity contribution in [2.24, 2.45) is 54.6 Å². The SMILES string of the molecule is CC(C)P(C(C)C)N1CCC2CCN=C21.CC(C)P(C(C)C)N1CCCC2CCCN=C21.CC(C)P(C(C)C)N1CCCC2CCN=C21.CC(C)P(C(C)C)N1CCCCC2CCCCN=C21.CC(C)P(C(C)C)N1CCCCC2CCCN=C21. The second-order valence-electron chi connectivity index (χ2n) is 29.6. The van der Waals surface area contributed by atoms with Crippen LogP contribution in [-0.4, -0.2) is 175 Å². The molecule has 0 aliphatic carbocycles. The number of piperidine rings is 2. The Morgan fingerprint density at radius 3 is 0.741 bits per heavy atom. The van der Waals surface area contributed by atoms with Crippen molar-refractivity contribution in [3.05, 3.63) is 0 Å². The van der Waals surface area contributed by atoms with Crippen LogP contribution in [0.4, 0.5) is 0 Å². The molecule has 5 unspecified atom stereocenters. The largest absolute Gasteiger partial charge is 0.339 e. The summed E-state index contributed by atoms with van der Waals surface area (Å²) in [6.45, 7) is 59.4. The lowest BCUT2D eigenvalue weighted by molar-refractivity contribution is 0.401. The van der Waals surface area contributed by atoms with Crippen LogP contribution in [0, 0.1) is 29.6 Å². The number of rotatable bonds is 15. The lowest BCUT2D eigenvalue weighted by Gasteiger charge is -2.45. The van der Waals surface area contributed by atoms with E-state index in [1.54, 1.807) is 0 Å². The molecule has 10 nitrogen and oxygen atoms in total. The molecule has 5 atom stereocenters. The monoisotopic (exact) mass is 1270 g/mol. The molecule has 5 saturated heterocycles. The van der Waals surface area contributed by atoms with Gasteiger partial charge in [-0.15, -0.1) is 0 Å². The second-order valence-corrected chi connectivity index (χ2v) is 46.1. The highest BCUT2D eigenvalue weighted by Crippen LogP contribution is 2.57. The average molecular weight is 1270 g/mol. The molecule has 0 aromatic heterocycles. The molecule has 85 heavy (non-hydrogen) atoms. The van der Waals surface area contributed by atoms with Gasteiger partial charge < -0.3 is 23.4 Å². The van der Waals surface area contributed by atoms with Crippen LogP contribution < -0.4 is 0 Å². The first-order valence-corrected chi connectivity index (χ1v) is 43.2. The van der Waals surface area contributed by atoms with E-state index in [0.717, 1.165) is 119 Å². The summed E-state index contributed by atoms with van der Waals surface area (Å²) in [6, 6.07) is 0. The third-order valence-electron chi connectivity index (χ3n) is 19.4. The molecule has 0 aromatic carbocycles. The molecule has 10 rings (SSSR count). The maximum absolute atomic E-state index is 5.03. The van der Waals surface area contributed by atoms with Gasteiger partial charge in [-0.25, -0.2) is 0 Å². The van der Waals surface area contributed by atoms with Crippen molar-refractivity contribution in [3.8, 4) is 0 Å². The molecule has 10 aliphatic rings. The number of amidine groups is 5. The third-order valence-corrected chi connectivity index (χ3v) is 34.8. The van der Waals surface area contributed by atoms with Crippen molar-refractivity contribution in [1.82, 2.24) is 23.4 Å². The third kappa shape index (κ3) is 20.5. The molecule has 15 heteroatoms. The highest BCUT2D eigenvalue weighted by molar-refractivity contribution is 7.58. The van der Waals surface area contributed by atoms with E-state index < -0.39 is 0 Å². The zero-order valence-electron chi connectivity index (χ0n) is 59.1. The van der Waals surface area contributed by atoms with Gasteiger partial charge in [0.2, 0.25) is 0 Å². The fourth-order valence-corrected chi connectivity index (χ4v) is 32.3. The Hall–Kier alpha value is -0.500. The van der Waals surface area contributed by atoms with Crippen LogP contribution in [-0.2, 0) is 0 Å². The Morgan fingerprint density at radius 1 is 0.224 bits per heavy atom. The van der Waals surface area contributed by atoms with E-state index in [2.05, 4.69) is 162 Å². The molecular formula is C70H135N10P5. The highest BCUT2D eigenvalue weighted by atomic mass is 31.1. The fourth-order valence-electron chi connectivity index (χ4n) is 16.6. The smallest absolute Gasteiger partial charge is 0.105 e. The van der Waals surface area contributed by atoms with E-state index >= 15 is 0 Å². The minimum Gasteiger partial charge on any atom is -0.339 e. The van der Waals surface area contributed by atoms with E-state index in [4.69, 9.17) is 25.0 Å². The van der Waals surface area contributed by atoms with Crippen molar-refractivity contribution in [3.63, 3.8) is 0 Å². The Labute approximate surface area is 533 Å². The van der Waals surface area contributed by atoms with Crippen LogP contribution in [0.5, 0.6) is 0 Å². The van der Waals surface area contributed by atoms with Crippen molar-refractivity contribution < 1.29 is 0 Å². The van der Waals surface area contributed by atoms with Crippen LogP contribution in [0.25, 0.3) is 0 Å². The van der Waals surface area contributed by atoms with E-state index in [0.29, 0.717) is 0 Å². The molecule has 0 saturated carbocycles. The lowest BCUT2D eigenvalue weighted by Crippen LogP contribution is -2.42. The van der Waals surface area contributed by atoms with Crippen LogP contribution in [0.1, 0.15) is 267 Å². The molecule has 490 valence electrons. The van der Waals surface area contributed by atoms with Crippen molar-refractivity contribution in [2.45, 2.75) is 323 Å². The standard InChI is InChI=1S/C16H31N2P.C15H29N2P.C14H27N2P.C13H25N2P.C12H23N2P/c1-13(2)19(14(3)4)18-12-8-6-10-15-9-5-7-11-17-16(15)18;1-12(2)18(13(3)4)17-11-6-5-8-14-9-7-10-16-15(14)17;1-11(2)17(12(3)4)16-10-6-8-13-7-5-9-15-14(13)16;1-10(2)16(11(3)4)15-9-5-6-12-7-8-14-13(12)15;1-9(2)15(10(3)4)14-8-6-11-5-7-13-12(11)14/h13-15H,5-12H2,1-4H3;12-14H,5-11H2,1-4H3;11-13H,5-10H2,1-4H3;10-12H,5-9H2,1-4H3;9-11H,5-8H2,1-4H3. The van der Waals surface area contributed by atoms with Gasteiger partial charge in [0.05, 0.1) is 0 Å². The molecule has 0 bridgehead atoms. The van der Waals surface area contributed by atoms with Gasteiger partial charge in [-0.05, 0) is 206 Å². The molecule has 0 N–H and O–H groups in total. The fraction of sp³-hybridized carbons (Fsp3) is 0.929. The molecular weight excluding hydrogens is 1140 g/mol. The second kappa shape index (κ2) is 36.7. The minimum absolute atomic E-state index is 0.00900. The minimum atomic E-state index is -0.0667. The number of aliphatic imine (C=N–C) groups is 5. The summed E-state index contributed by atoms with van der Waals surface area (Å²) in [6.07, 6.45) is 27.3. The predicted molar refractivity (Wildman–Crippen MR) is 391 cm³/mol. The molecule has 0 spiro atoms. The Morgan fingerprint density at radius 2 is 0.435 bits per heavy atom. The molecule has 0 aromatic rings. The quantitative estimate of drug-likeness (QED) is 0.153. The Bertz CT molecular complexity index is 2060. The summed E-state index contributed by atoms with van der Waals surface area (Å²) in [5.41, 5.74) is 7.85. The topological polar surface area (TPSA) is 78.0 Å². The van der Waals surface area contributed by atoms with Gasteiger partial charge >= 0.3 is 0 Å². The van der Waals surface area contributed by atoms with Gasteiger partial charge in [0.15, 0.2) is 0 Å². The summed E-state index contributed by atoms with van der Waals surface area (Å²) < 4.78 is 13.6. The summed E-state index contributed by atoms with van der Waals surface area (Å²) in [5.74, 6) is 11.4. The van der Waals surface area contributed by atoms with Crippen LogP contribution >= 0.6 is 40.4 Å². The van der Waals surface area contributed by atoms with E-state index in [1.165, 1.54) is 190 Å². The van der Waals surface area contributed by atoms with Crippen molar-refractivity contribution in [1.29, 1.82) is 0 Å². The van der Waals surface area contributed by atoms with Gasteiger partial charge in [-0.2, -0.15) is 0 Å². The van der Waals surface area contributed by atoms with Gasteiger partial charge in [-0.1, -0.05) is 158 Å². The van der Waals surface area contributed by atoms with Crippen LogP contribution in [0.3, 0.4) is 0 Å². The molecule has 0 radical (unpaired) electrons. The van der Waals surface area contributed by atoms with Gasteiger partial charge in [0, 0.05) is 95.0 Å². The van der Waals surface area contributed by atoms with E-state index in [-0.39, 0.29) is 40.4 Å². The first-order chi connectivity index (χ1) is 40.5. The van der Waals surface area contributed by atoms with E-state index in [9.17, 15) is 0 Å². The summed E-state index contributed by atoms with van der Waals surface area (Å²) in [7, 11) is -0.195. The summed E-state index contributed by atoms with van der Waals surface area (Å²) >= 11 is 0. The average Bonchev–Trinajstić information content (AvgIpc) is 4.24. The number of hydrogen-bond acceptors (Lipinski definition) is 10.